The number of hydrogen-bond donors (Lipinski definition) is 1. The highest BCUT2D eigenvalue weighted by Crippen LogP contribution is 2.23. The maximum Gasteiger partial charge on any atom is 0.321 e. The minimum absolute atomic E-state index is 0.0626. The van der Waals surface area contributed by atoms with Crippen LogP contribution in [0, 0.1) is 6.92 Å². The van der Waals surface area contributed by atoms with Gasteiger partial charge in [0.25, 0.3) is 0 Å². The predicted octanol–water partition coefficient (Wildman–Crippen LogP) is 2.43. The van der Waals surface area contributed by atoms with Crippen molar-refractivity contribution in [2.45, 2.75) is 37.7 Å². The van der Waals surface area contributed by atoms with E-state index in [4.69, 9.17) is 4.74 Å². The Kier molecular flexibility index (Phi) is 5.64. The summed E-state index contributed by atoms with van der Waals surface area (Å²) in [5.74, 6) is 0. The molecule has 1 fully saturated rings. The van der Waals surface area contributed by atoms with Gasteiger partial charge in [-0.15, -0.1) is 0 Å². The number of nitrogens with one attached hydrogen (secondary N) is 1. The van der Waals surface area contributed by atoms with E-state index in [0.29, 0.717) is 18.8 Å². The number of anilines is 1. The van der Waals surface area contributed by atoms with Gasteiger partial charge in [-0.1, -0.05) is 6.07 Å². The van der Waals surface area contributed by atoms with E-state index in [1.807, 2.05) is 13.8 Å². The first-order chi connectivity index (χ1) is 10.8. The van der Waals surface area contributed by atoms with Crippen molar-refractivity contribution in [2.24, 2.45) is 0 Å². The molecular formula is C16H24N2O4S. The minimum atomic E-state index is -3.41. The molecule has 0 saturated carbocycles. The molecule has 6 nitrogen and oxygen atoms in total. The summed E-state index contributed by atoms with van der Waals surface area (Å²) in [6.45, 7) is 5.53. The van der Waals surface area contributed by atoms with Gasteiger partial charge in [0.1, 0.15) is 0 Å². The first kappa shape index (κ1) is 17.7. The van der Waals surface area contributed by atoms with Crippen LogP contribution in [0.2, 0.25) is 0 Å². The molecule has 1 heterocycles. The van der Waals surface area contributed by atoms with E-state index in [2.05, 4.69) is 5.32 Å². The smallest absolute Gasteiger partial charge is 0.321 e. The van der Waals surface area contributed by atoms with Crippen molar-refractivity contribution >= 4 is 21.6 Å². The Hall–Kier alpha value is -1.60. The van der Waals surface area contributed by atoms with Crippen molar-refractivity contribution in [3.8, 4) is 0 Å². The summed E-state index contributed by atoms with van der Waals surface area (Å²) in [5.41, 5.74) is 1.21. The number of likely N-dealkylation sites (N-methyl/N-ethyl adjacent to an activating group) is 1. The summed E-state index contributed by atoms with van der Waals surface area (Å²) in [4.78, 5) is 14.3. The van der Waals surface area contributed by atoms with E-state index in [-0.39, 0.29) is 17.0 Å². The van der Waals surface area contributed by atoms with E-state index in [1.165, 1.54) is 6.07 Å². The molecule has 0 radical (unpaired) electrons. The molecule has 1 aromatic rings. The lowest BCUT2D eigenvalue weighted by atomic mass is 10.2. The van der Waals surface area contributed by atoms with Gasteiger partial charge in [-0.25, -0.2) is 13.2 Å². The molecule has 1 N–H and O–H groups in total. The number of carbonyl (C=O) groups is 1. The van der Waals surface area contributed by atoms with Crippen molar-refractivity contribution in [1.29, 1.82) is 0 Å². The lowest BCUT2D eigenvalue weighted by molar-refractivity contribution is 0.0849. The van der Waals surface area contributed by atoms with E-state index >= 15 is 0 Å². The zero-order valence-corrected chi connectivity index (χ0v) is 14.6. The average Bonchev–Trinajstić information content (AvgIpc) is 2.96. The summed E-state index contributed by atoms with van der Waals surface area (Å²) >= 11 is 0. The minimum Gasteiger partial charge on any atom is -0.376 e. The summed E-state index contributed by atoms with van der Waals surface area (Å²) in [6.07, 6.45) is 3.16. The van der Waals surface area contributed by atoms with E-state index in [1.54, 1.807) is 17.0 Å². The maximum absolute atomic E-state index is 12.5. The summed E-state index contributed by atoms with van der Waals surface area (Å²) in [6, 6.07) is 4.61. The van der Waals surface area contributed by atoms with Crippen LogP contribution in [-0.2, 0) is 14.6 Å². The highest BCUT2D eigenvalue weighted by Gasteiger charge is 2.23. The Balaban J connectivity index is 2.16. The normalized spacial score (nSPS) is 18.0. The number of rotatable bonds is 5. The third-order valence-corrected chi connectivity index (χ3v) is 5.05. The molecule has 0 aliphatic carbocycles. The summed E-state index contributed by atoms with van der Waals surface area (Å²) in [7, 11) is -3.41. The fourth-order valence-electron chi connectivity index (χ4n) is 2.65. The zero-order chi connectivity index (χ0) is 17.0. The lowest BCUT2D eigenvalue weighted by Crippen LogP contribution is -2.40. The van der Waals surface area contributed by atoms with Crippen molar-refractivity contribution < 1.29 is 17.9 Å². The Labute approximate surface area is 137 Å². The van der Waals surface area contributed by atoms with Crippen LogP contribution in [0.3, 0.4) is 0 Å². The topological polar surface area (TPSA) is 75.7 Å². The number of sulfone groups is 1. The maximum atomic E-state index is 12.5. The van der Waals surface area contributed by atoms with Gasteiger partial charge in [0.05, 0.1) is 16.7 Å². The molecule has 0 bridgehead atoms. The highest BCUT2D eigenvalue weighted by molar-refractivity contribution is 7.90. The van der Waals surface area contributed by atoms with Crippen molar-refractivity contribution in [3.05, 3.63) is 23.8 Å². The van der Waals surface area contributed by atoms with Gasteiger partial charge >= 0.3 is 6.03 Å². The number of aryl methyl sites for hydroxylation is 1. The van der Waals surface area contributed by atoms with Crippen LogP contribution < -0.4 is 5.32 Å². The number of amides is 2. The molecule has 1 aromatic carbocycles. The van der Waals surface area contributed by atoms with Crippen LogP contribution >= 0.6 is 0 Å². The van der Waals surface area contributed by atoms with Gasteiger partial charge in [-0.2, -0.15) is 0 Å². The molecular weight excluding hydrogens is 316 g/mol. The fraction of sp³-hybridized carbons (Fsp3) is 0.562. The number of benzene rings is 1. The Morgan fingerprint density at radius 1 is 1.43 bits per heavy atom. The molecule has 128 valence electrons. The predicted molar refractivity (Wildman–Crippen MR) is 89.5 cm³/mol. The molecule has 1 aliphatic rings. The second-order valence-electron chi connectivity index (χ2n) is 5.88. The second-order valence-corrected chi connectivity index (χ2v) is 7.86. The Morgan fingerprint density at radius 3 is 2.74 bits per heavy atom. The molecule has 0 aromatic heterocycles. The molecule has 1 saturated heterocycles. The molecule has 0 spiro atoms. The van der Waals surface area contributed by atoms with Crippen LogP contribution in [0.25, 0.3) is 0 Å². The van der Waals surface area contributed by atoms with Gasteiger partial charge in [0, 0.05) is 26.0 Å². The largest absolute Gasteiger partial charge is 0.376 e. The Morgan fingerprint density at radius 2 is 2.17 bits per heavy atom. The first-order valence-electron chi connectivity index (χ1n) is 7.79. The van der Waals surface area contributed by atoms with Crippen molar-refractivity contribution in [2.75, 3.05) is 31.3 Å². The number of nitrogens with zero attached hydrogens (tertiary/aromatic N) is 1. The van der Waals surface area contributed by atoms with Crippen LogP contribution in [-0.4, -0.2) is 51.4 Å². The first-order valence-corrected chi connectivity index (χ1v) is 9.68. The third-order valence-electron chi connectivity index (χ3n) is 3.89. The van der Waals surface area contributed by atoms with E-state index in [0.717, 1.165) is 31.3 Å². The summed E-state index contributed by atoms with van der Waals surface area (Å²) in [5, 5.41) is 2.74. The standard InChI is InChI=1S/C16H24N2O4S/c1-4-18(11-13-6-5-9-22-13)16(19)17-14-10-12(2)7-8-15(14)23(3,20)21/h7-8,10,13H,4-6,9,11H2,1-3H3,(H,17,19)/t13-/m0/s1. The van der Waals surface area contributed by atoms with Crippen LogP contribution in [0.1, 0.15) is 25.3 Å². The van der Waals surface area contributed by atoms with Gasteiger partial charge in [0.15, 0.2) is 9.84 Å². The molecule has 1 atom stereocenters. The lowest BCUT2D eigenvalue weighted by Gasteiger charge is -2.24. The molecule has 7 heteroatoms. The monoisotopic (exact) mass is 340 g/mol. The van der Waals surface area contributed by atoms with Gasteiger partial charge in [-0.05, 0) is 44.4 Å². The fourth-order valence-corrected chi connectivity index (χ4v) is 3.47. The van der Waals surface area contributed by atoms with Gasteiger partial charge < -0.3 is 15.0 Å². The number of ether oxygens (including phenoxy) is 1. The number of carbonyl (C=O) groups excluding carboxylic acids is 1. The van der Waals surface area contributed by atoms with Crippen LogP contribution in [0.4, 0.5) is 10.5 Å². The molecule has 2 rings (SSSR count). The SMILES string of the molecule is CCN(C[C@@H]1CCCO1)C(=O)Nc1cc(C)ccc1S(C)(=O)=O. The Bertz CT molecular complexity index is 667. The molecule has 23 heavy (non-hydrogen) atoms. The average molecular weight is 340 g/mol. The summed E-state index contributed by atoms with van der Waals surface area (Å²) < 4.78 is 29.3. The number of hydrogen-bond acceptors (Lipinski definition) is 4. The number of urea groups is 1. The van der Waals surface area contributed by atoms with E-state index < -0.39 is 9.84 Å². The molecule has 2 amide bonds. The van der Waals surface area contributed by atoms with Crippen LogP contribution in [0.5, 0.6) is 0 Å². The highest BCUT2D eigenvalue weighted by atomic mass is 32.2. The third kappa shape index (κ3) is 4.68. The van der Waals surface area contributed by atoms with E-state index in [9.17, 15) is 13.2 Å². The van der Waals surface area contributed by atoms with Crippen LogP contribution in [0.15, 0.2) is 23.1 Å². The van der Waals surface area contributed by atoms with Gasteiger partial charge in [-0.3, -0.25) is 0 Å². The molecule has 0 unspecified atom stereocenters. The quantitative estimate of drug-likeness (QED) is 0.893. The zero-order valence-electron chi connectivity index (χ0n) is 13.8. The van der Waals surface area contributed by atoms with Crippen molar-refractivity contribution in [1.82, 2.24) is 4.90 Å². The van der Waals surface area contributed by atoms with Crippen molar-refractivity contribution in [3.63, 3.8) is 0 Å². The second kappa shape index (κ2) is 7.31. The van der Waals surface area contributed by atoms with Gasteiger partial charge in [0.2, 0.25) is 0 Å². The molecule has 1 aliphatic heterocycles.